The fourth-order valence-corrected chi connectivity index (χ4v) is 2.96. The first-order valence-electron chi connectivity index (χ1n) is 9.81. The molecule has 0 radical (unpaired) electrons. The Labute approximate surface area is 172 Å². The van der Waals surface area contributed by atoms with Crippen molar-refractivity contribution in [2.24, 2.45) is 0 Å². The maximum Gasteiger partial charge on any atom is 0.255 e. The molecule has 1 amide bonds. The van der Waals surface area contributed by atoms with Crippen molar-refractivity contribution in [2.45, 2.75) is 32.6 Å². The summed E-state index contributed by atoms with van der Waals surface area (Å²) in [5.74, 6) is 0.678. The van der Waals surface area contributed by atoms with Crippen LogP contribution in [0.15, 0.2) is 67.1 Å². The van der Waals surface area contributed by atoms with E-state index in [4.69, 9.17) is 0 Å². The van der Waals surface area contributed by atoms with Crippen LogP contribution in [0.1, 0.15) is 42.3 Å². The highest BCUT2D eigenvalue weighted by Gasteiger charge is 2.14. The predicted octanol–water partition coefficient (Wildman–Crippen LogP) is 4.83. The molecule has 1 aromatic carbocycles. The van der Waals surface area contributed by atoms with Gasteiger partial charge in [-0.1, -0.05) is 32.9 Å². The molecule has 0 unspecified atom stereocenters. The van der Waals surface area contributed by atoms with Gasteiger partial charge in [-0.3, -0.25) is 9.78 Å². The van der Waals surface area contributed by atoms with Crippen LogP contribution in [0, 0.1) is 0 Å². The lowest BCUT2D eigenvalue weighted by Gasteiger charge is -2.19. The molecule has 0 saturated heterocycles. The van der Waals surface area contributed by atoms with Gasteiger partial charge in [0.1, 0.15) is 5.82 Å². The molecule has 2 aromatic heterocycles. The predicted molar refractivity (Wildman–Crippen MR) is 118 cm³/mol. The normalized spacial score (nSPS) is 11.2. The zero-order chi connectivity index (χ0) is 20.9. The molecule has 5 heteroatoms. The van der Waals surface area contributed by atoms with Crippen LogP contribution in [0.5, 0.6) is 0 Å². The molecule has 2 heterocycles. The molecule has 29 heavy (non-hydrogen) atoms. The highest BCUT2D eigenvalue weighted by molar-refractivity contribution is 5.94. The van der Waals surface area contributed by atoms with Gasteiger partial charge in [0.05, 0.1) is 5.56 Å². The van der Waals surface area contributed by atoms with Gasteiger partial charge in [-0.05, 0) is 59.4 Å². The molecular formula is C24H28N4O. The third kappa shape index (κ3) is 5.64. The van der Waals surface area contributed by atoms with E-state index in [0.29, 0.717) is 17.9 Å². The minimum Gasteiger partial charge on any atom is -0.341 e. The molecule has 0 bridgehead atoms. The number of hydrogen-bond acceptors (Lipinski definition) is 4. The van der Waals surface area contributed by atoms with Gasteiger partial charge in [0, 0.05) is 37.9 Å². The number of benzene rings is 1. The first-order chi connectivity index (χ1) is 13.8. The van der Waals surface area contributed by atoms with Crippen LogP contribution >= 0.6 is 0 Å². The number of likely N-dealkylation sites (N-methyl/N-ethyl adjacent to an activating group) is 1. The van der Waals surface area contributed by atoms with Crippen LogP contribution in [0.25, 0.3) is 0 Å². The molecule has 0 fully saturated rings. The molecule has 0 atom stereocenters. The van der Waals surface area contributed by atoms with Crippen LogP contribution in [0.2, 0.25) is 0 Å². The summed E-state index contributed by atoms with van der Waals surface area (Å²) < 4.78 is 0. The Hall–Kier alpha value is -3.21. The second-order valence-corrected chi connectivity index (χ2v) is 8.22. The largest absolute Gasteiger partial charge is 0.341 e. The lowest BCUT2D eigenvalue weighted by molar-refractivity contribution is 0.0796. The Morgan fingerprint density at radius 3 is 2.28 bits per heavy atom. The second kappa shape index (κ2) is 8.86. The van der Waals surface area contributed by atoms with E-state index in [1.165, 1.54) is 5.56 Å². The Morgan fingerprint density at radius 1 is 1.00 bits per heavy atom. The molecule has 0 spiro atoms. The third-order valence-electron chi connectivity index (χ3n) is 4.87. The van der Waals surface area contributed by atoms with Crippen LogP contribution < -0.4 is 5.32 Å². The molecule has 0 aliphatic rings. The Morgan fingerprint density at radius 2 is 1.69 bits per heavy atom. The monoisotopic (exact) mass is 388 g/mol. The highest BCUT2D eigenvalue weighted by atomic mass is 16.2. The maximum absolute atomic E-state index is 12.6. The van der Waals surface area contributed by atoms with Crippen molar-refractivity contribution in [3.8, 4) is 0 Å². The van der Waals surface area contributed by atoms with Gasteiger partial charge < -0.3 is 10.2 Å². The van der Waals surface area contributed by atoms with Crippen LogP contribution in [0.4, 0.5) is 11.5 Å². The summed E-state index contributed by atoms with van der Waals surface area (Å²) in [6.07, 6.45) is 5.95. The molecule has 1 N–H and O–H groups in total. The summed E-state index contributed by atoms with van der Waals surface area (Å²) in [6, 6.07) is 15.9. The molecule has 150 valence electrons. The van der Waals surface area contributed by atoms with Crippen molar-refractivity contribution in [1.82, 2.24) is 14.9 Å². The summed E-state index contributed by atoms with van der Waals surface area (Å²) in [7, 11) is 1.81. The molecule has 3 aromatic rings. The second-order valence-electron chi connectivity index (χ2n) is 8.22. The summed E-state index contributed by atoms with van der Waals surface area (Å²) in [4.78, 5) is 22.8. The van der Waals surface area contributed by atoms with Gasteiger partial charge in [-0.15, -0.1) is 0 Å². The number of nitrogens with one attached hydrogen (secondary N) is 1. The van der Waals surface area contributed by atoms with Crippen molar-refractivity contribution in [1.29, 1.82) is 0 Å². The topological polar surface area (TPSA) is 58.1 Å². The number of nitrogens with zero attached hydrogens (tertiary/aromatic N) is 3. The Bertz CT molecular complexity index is 929. The minimum atomic E-state index is -0.0346. The summed E-state index contributed by atoms with van der Waals surface area (Å²) in [5.41, 5.74) is 4.12. The van der Waals surface area contributed by atoms with E-state index < -0.39 is 0 Å². The zero-order valence-corrected chi connectivity index (χ0v) is 17.5. The van der Waals surface area contributed by atoms with Crippen molar-refractivity contribution in [3.05, 3.63) is 83.8 Å². The quantitative estimate of drug-likeness (QED) is 0.657. The first-order valence-corrected chi connectivity index (χ1v) is 9.81. The van der Waals surface area contributed by atoms with E-state index in [2.05, 4.69) is 48.2 Å². The average molecular weight is 389 g/mol. The minimum absolute atomic E-state index is 0.0346. The lowest BCUT2D eigenvalue weighted by Crippen LogP contribution is -2.28. The average Bonchev–Trinajstić information content (AvgIpc) is 2.72. The molecule has 3 rings (SSSR count). The van der Waals surface area contributed by atoms with E-state index in [0.717, 1.165) is 17.7 Å². The maximum atomic E-state index is 12.6. The van der Waals surface area contributed by atoms with Gasteiger partial charge in [-0.25, -0.2) is 4.98 Å². The SMILES string of the molecule is CN(CCc1ccncc1)C(=O)c1ccc(Nc2ccc(C(C)(C)C)cc2)nc1. The van der Waals surface area contributed by atoms with E-state index in [9.17, 15) is 4.79 Å². The molecular weight excluding hydrogens is 360 g/mol. The number of amides is 1. The van der Waals surface area contributed by atoms with Crippen molar-refractivity contribution in [3.63, 3.8) is 0 Å². The number of hydrogen-bond donors (Lipinski definition) is 1. The summed E-state index contributed by atoms with van der Waals surface area (Å²) in [5, 5.41) is 3.28. The first kappa shape index (κ1) is 20.5. The van der Waals surface area contributed by atoms with E-state index in [-0.39, 0.29) is 11.3 Å². The van der Waals surface area contributed by atoms with Gasteiger partial charge >= 0.3 is 0 Å². The molecule has 0 aliphatic carbocycles. The fourth-order valence-electron chi connectivity index (χ4n) is 2.96. The zero-order valence-electron chi connectivity index (χ0n) is 17.5. The Kier molecular flexibility index (Phi) is 6.27. The smallest absolute Gasteiger partial charge is 0.255 e. The van der Waals surface area contributed by atoms with Crippen LogP contribution in [-0.4, -0.2) is 34.4 Å². The molecule has 0 aliphatic heterocycles. The van der Waals surface area contributed by atoms with Crippen molar-refractivity contribution in [2.75, 3.05) is 18.9 Å². The fraction of sp³-hybridized carbons (Fsp3) is 0.292. The van der Waals surface area contributed by atoms with Gasteiger partial charge in [0.15, 0.2) is 0 Å². The van der Waals surface area contributed by atoms with Gasteiger partial charge in [0.25, 0.3) is 5.91 Å². The number of pyridine rings is 2. The lowest BCUT2D eigenvalue weighted by atomic mass is 9.87. The third-order valence-corrected chi connectivity index (χ3v) is 4.87. The molecule has 0 saturated carbocycles. The van der Waals surface area contributed by atoms with Crippen molar-refractivity contribution >= 4 is 17.4 Å². The Balaban J connectivity index is 1.58. The molecule has 5 nitrogen and oxygen atoms in total. The van der Waals surface area contributed by atoms with E-state index in [1.807, 2.05) is 43.4 Å². The number of anilines is 2. The van der Waals surface area contributed by atoms with Gasteiger partial charge in [0.2, 0.25) is 0 Å². The van der Waals surface area contributed by atoms with E-state index >= 15 is 0 Å². The number of aromatic nitrogens is 2. The number of carbonyl (C=O) groups is 1. The number of carbonyl (C=O) groups excluding carboxylic acids is 1. The van der Waals surface area contributed by atoms with Crippen LogP contribution in [-0.2, 0) is 11.8 Å². The van der Waals surface area contributed by atoms with Crippen molar-refractivity contribution < 1.29 is 4.79 Å². The van der Waals surface area contributed by atoms with E-state index in [1.54, 1.807) is 23.5 Å². The van der Waals surface area contributed by atoms with Crippen LogP contribution in [0.3, 0.4) is 0 Å². The standard InChI is InChI=1S/C24H28N4O/c1-24(2,3)20-6-8-21(9-7-20)27-22-10-5-19(17-26-22)23(29)28(4)16-13-18-11-14-25-15-12-18/h5-12,14-15,17H,13,16H2,1-4H3,(H,26,27). The van der Waals surface area contributed by atoms with Gasteiger partial charge in [-0.2, -0.15) is 0 Å². The highest BCUT2D eigenvalue weighted by Crippen LogP contribution is 2.24. The number of rotatable bonds is 6. The summed E-state index contributed by atoms with van der Waals surface area (Å²) in [6.45, 7) is 7.23. The summed E-state index contributed by atoms with van der Waals surface area (Å²) >= 11 is 0.